The quantitative estimate of drug-likeness (QED) is 0.813. The number of nitrogens with one attached hydrogen (secondary N) is 2. The second-order valence-corrected chi connectivity index (χ2v) is 6.78. The molecular weight excluding hydrogens is 348 g/mol. The van der Waals surface area contributed by atoms with E-state index in [1.54, 1.807) is 0 Å². The molecule has 0 radical (unpaired) electrons. The Hall–Kier alpha value is -2.42. The Morgan fingerprint density at radius 2 is 2.00 bits per heavy atom. The number of ether oxygens (including phenoxy) is 2. The lowest BCUT2D eigenvalue weighted by atomic mass is 10.2. The molecule has 0 saturated carbocycles. The number of anilines is 1. The smallest absolute Gasteiger partial charge is 0.243 e. The van der Waals surface area contributed by atoms with Crippen LogP contribution in [0, 0.1) is 0 Å². The van der Waals surface area contributed by atoms with E-state index >= 15 is 0 Å². The molecule has 4 rings (SSSR count). The lowest BCUT2D eigenvalue weighted by molar-refractivity contribution is -0.135. The first-order chi connectivity index (χ1) is 13.2. The lowest BCUT2D eigenvalue weighted by Crippen LogP contribution is -2.48. The molecule has 8 heteroatoms. The van der Waals surface area contributed by atoms with Crippen LogP contribution in [0.2, 0.25) is 0 Å². The van der Waals surface area contributed by atoms with Gasteiger partial charge in [0.05, 0.1) is 26.4 Å². The summed E-state index contributed by atoms with van der Waals surface area (Å²) < 4.78 is 12.6. The third-order valence-electron chi connectivity index (χ3n) is 4.95. The van der Waals surface area contributed by atoms with Gasteiger partial charge in [0.1, 0.15) is 12.6 Å². The van der Waals surface area contributed by atoms with Crippen molar-refractivity contribution in [1.82, 2.24) is 14.8 Å². The maximum absolute atomic E-state index is 12.5. The minimum Gasteiger partial charge on any atom is -0.378 e. The molecule has 1 aromatic carbocycles. The van der Waals surface area contributed by atoms with E-state index in [1.807, 2.05) is 39.9 Å². The van der Waals surface area contributed by atoms with E-state index in [4.69, 9.17) is 9.47 Å². The SMILES string of the molecule is O=C(Nc1ccc2c(ccn2CC(=O)N2CCOCC2)c1)C1COCCN1. The summed E-state index contributed by atoms with van der Waals surface area (Å²) in [5.74, 6) is -0.00692. The summed E-state index contributed by atoms with van der Waals surface area (Å²) in [5, 5.41) is 7.05. The van der Waals surface area contributed by atoms with E-state index in [1.165, 1.54) is 0 Å². The highest BCUT2D eigenvalue weighted by Gasteiger charge is 2.21. The Morgan fingerprint density at radius 3 is 2.78 bits per heavy atom. The summed E-state index contributed by atoms with van der Waals surface area (Å²) >= 11 is 0. The first-order valence-corrected chi connectivity index (χ1v) is 9.27. The molecule has 8 nitrogen and oxygen atoms in total. The fourth-order valence-electron chi connectivity index (χ4n) is 3.44. The number of benzene rings is 1. The molecule has 0 aliphatic carbocycles. The molecule has 1 unspecified atom stereocenters. The van der Waals surface area contributed by atoms with E-state index < -0.39 is 0 Å². The van der Waals surface area contributed by atoms with Crippen LogP contribution in [0.3, 0.4) is 0 Å². The molecule has 2 aliphatic rings. The van der Waals surface area contributed by atoms with Gasteiger partial charge in [0, 0.05) is 42.4 Å². The van der Waals surface area contributed by atoms with Gasteiger partial charge < -0.3 is 29.6 Å². The zero-order chi connectivity index (χ0) is 18.6. The average Bonchev–Trinajstić information content (AvgIpc) is 3.11. The van der Waals surface area contributed by atoms with Crippen LogP contribution >= 0.6 is 0 Å². The molecule has 0 spiro atoms. The van der Waals surface area contributed by atoms with Crippen LogP contribution < -0.4 is 10.6 Å². The molecule has 3 heterocycles. The van der Waals surface area contributed by atoms with E-state index in [9.17, 15) is 9.59 Å². The number of morpholine rings is 2. The highest BCUT2D eigenvalue weighted by molar-refractivity contribution is 5.97. The van der Waals surface area contributed by atoms with Crippen LogP contribution in [-0.4, -0.2) is 73.4 Å². The van der Waals surface area contributed by atoms with Gasteiger partial charge in [-0.25, -0.2) is 0 Å². The Kier molecular flexibility index (Phi) is 5.38. The van der Waals surface area contributed by atoms with E-state index in [-0.39, 0.29) is 17.9 Å². The Labute approximate surface area is 157 Å². The van der Waals surface area contributed by atoms with Crippen LogP contribution in [0.25, 0.3) is 10.9 Å². The van der Waals surface area contributed by atoms with E-state index in [0.29, 0.717) is 52.6 Å². The first kappa shape index (κ1) is 18.0. The topological polar surface area (TPSA) is 84.8 Å². The number of fused-ring (bicyclic) bond motifs is 1. The molecule has 1 aromatic heterocycles. The van der Waals surface area contributed by atoms with E-state index in [2.05, 4.69) is 10.6 Å². The van der Waals surface area contributed by atoms with Crippen LogP contribution in [-0.2, 0) is 25.6 Å². The molecule has 2 amide bonds. The molecule has 2 saturated heterocycles. The molecular formula is C19H24N4O4. The molecule has 27 heavy (non-hydrogen) atoms. The number of hydrogen-bond acceptors (Lipinski definition) is 5. The normalized spacial score (nSPS) is 20.6. The van der Waals surface area contributed by atoms with Crippen LogP contribution in [0.4, 0.5) is 5.69 Å². The highest BCUT2D eigenvalue weighted by atomic mass is 16.5. The van der Waals surface area contributed by atoms with Crippen molar-refractivity contribution in [2.75, 3.05) is 51.4 Å². The zero-order valence-corrected chi connectivity index (χ0v) is 15.1. The van der Waals surface area contributed by atoms with Gasteiger partial charge in [0.2, 0.25) is 11.8 Å². The van der Waals surface area contributed by atoms with Gasteiger partial charge in [-0.2, -0.15) is 0 Å². The van der Waals surface area contributed by atoms with Gasteiger partial charge in [-0.05, 0) is 24.3 Å². The summed E-state index contributed by atoms with van der Waals surface area (Å²) in [6, 6.07) is 7.35. The Morgan fingerprint density at radius 1 is 1.15 bits per heavy atom. The summed E-state index contributed by atoms with van der Waals surface area (Å²) in [5.41, 5.74) is 1.70. The van der Waals surface area contributed by atoms with Crippen LogP contribution in [0.15, 0.2) is 30.5 Å². The fraction of sp³-hybridized carbons (Fsp3) is 0.474. The number of amides is 2. The molecule has 2 fully saturated rings. The second kappa shape index (κ2) is 8.08. The predicted octanol–water partition coefficient (Wildman–Crippen LogP) is 0.427. The highest BCUT2D eigenvalue weighted by Crippen LogP contribution is 2.21. The minimum atomic E-state index is -0.329. The van der Waals surface area contributed by atoms with Gasteiger partial charge in [-0.3, -0.25) is 9.59 Å². The van der Waals surface area contributed by atoms with Crippen molar-refractivity contribution < 1.29 is 19.1 Å². The van der Waals surface area contributed by atoms with Gasteiger partial charge >= 0.3 is 0 Å². The number of aromatic nitrogens is 1. The number of hydrogen-bond donors (Lipinski definition) is 2. The van der Waals surface area contributed by atoms with Crippen molar-refractivity contribution in [2.24, 2.45) is 0 Å². The van der Waals surface area contributed by atoms with Crippen molar-refractivity contribution >= 4 is 28.4 Å². The molecule has 1 atom stereocenters. The number of rotatable bonds is 4. The minimum absolute atomic E-state index is 0.0940. The Balaban J connectivity index is 1.43. The zero-order valence-electron chi connectivity index (χ0n) is 15.1. The van der Waals surface area contributed by atoms with E-state index in [0.717, 1.165) is 16.6 Å². The van der Waals surface area contributed by atoms with Gasteiger partial charge in [-0.1, -0.05) is 0 Å². The third-order valence-corrected chi connectivity index (χ3v) is 4.95. The molecule has 144 valence electrons. The monoisotopic (exact) mass is 372 g/mol. The standard InChI is InChI=1S/C19H24N4O4/c24-18(22-6-9-26-10-7-22)12-23-5-3-14-11-15(1-2-17(14)23)21-19(25)16-13-27-8-4-20-16/h1-3,5,11,16,20H,4,6-10,12-13H2,(H,21,25). The lowest BCUT2D eigenvalue weighted by Gasteiger charge is -2.27. The van der Waals surface area contributed by atoms with Gasteiger partial charge in [0.25, 0.3) is 0 Å². The number of carbonyl (C=O) groups excluding carboxylic acids is 2. The summed E-state index contributed by atoms with van der Waals surface area (Å²) in [4.78, 5) is 26.6. The summed E-state index contributed by atoms with van der Waals surface area (Å²) in [6.45, 7) is 4.49. The number of carbonyl (C=O) groups is 2. The molecule has 2 N–H and O–H groups in total. The number of nitrogens with zero attached hydrogens (tertiary/aromatic N) is 2. The second-order valence-electron chi connectivity index (χ2n) is 6.78. The summed E-state index contributed by atoms with van der Waals surface area (Å²) in [6.07, 6.45) is 1.91. The van der Waals surface area contributed by atoms with Crippen molar-refractivity contribution in [3.8, 4) is 0 Å². The van der Waals surface area contributed by atoms with Crippen molar-refractivity contribution in [3.05, 3.63) is 30.5 Å². The predicted molar refractivity (Wildman–Crippen MR) is 101 cm³/mol. The maximum atomic E-state index is 12.5. The average molecular weight is 372 g/mol. The van der Waals surface area contributed by atoms with Crippen LogP contribution in [0.5, 0.6) is 0 Å². The molecule has 2 aliphatic heterocycles. The van der Waals surface area contributed by atoms with Crippen molar-refractivity contribution in [2.45, 2.75) is 12.6 Å². The first-order valence-electron chi connectivity index (χ1n) is 9.27. The Bertz CT molecular complexity index is 822. The van der Waals surface area contributed by atoms with Crippen molar-refractivity contribution in [3.63, 3.8) is 0 Å². The molecule has 2 aromatic rings. The third kappa shape index (κ3) is 4.13. The van der Waals surface area contributed by atoms with Crippen LogP contribution in [0.1, 0.15) is 0 Å². The fourth-order valence-corrected chi connectivity index (χ4v) is 3.44. The largest absolute Gasteiger partial charge is 0.378 e. The van der Waals surface area contributed by atoms with Gasteiger partial charge in [0.15, 0.2) is 0 Å². The summed E-state index contributed by atoms with van der Waals surface area (Å²) in [7, 11) is 0. The van der Waals surface area contributed by atoms with Gasteiger partial charge in [-0.15, -0.1) is 0 Å². The maximum Gasteiger partial charge on any atom is 0.243 e. The molecule has 0 bridgehead atoms. The van der Waals surface area contributed by atoms with Crippen molar-refractivity contribution in [1.29, 1.82) is 0 Å².